The molecule has 0 radical (unpaired) electrons. The topological polar surface area (TPSA) is 77.8 Å². The van der Waals surface area contributed by atoms with Gasteiger partial charge in [-0.3, -0.25) is 4.79 Å². The van der Waals surface area contributed by atoms with Crippen LogP contribution < -0.4 is 0 Å². The Morgan fingerprint density at radius 2 is 2.23 bits per heavy atom. The van der Waals surface area contributed by atoms with Gasteiger partial charge in [0.15, 0.2) is 0 Å². The van der Waals surface area contributed by atoms with Gasteiger partial charge in [0.1, 0.15) is 0 Å². The van der Waals surface area contributed by atoms with Gasteiger partial charge in [0.25, 0.3) is 0 Å². The molecule has 4 heteroatoms. The summed E-state index contributed by atoms with van der Waals surface area (Å²) in [5, 5.41) is 29.6. The smallest absolute Gasteiger partial charge is 0.303 e. The number of aliphatic carboxylic acids is 1. The second-order valence-electron chi connectivity index (χ2n) is 7.39. The SMILES string of the molecule is [2H]C([2H])(/C=C1\C[C@H]2C[C@@H](O)[C@H](/C=C/[C@@H](O)[C@H](C)CC#CC)[C@H]2C1)C([2H])([2H])CC(=O)O. The number of hydrogen-bond donors (Lipinski definition) is 3. The number of allylic oxidation sites excluding steroid dienone is 2. The van der Waals surface area contributed by atoms with E-state index < -0.39 is 37.3 Å². The molecule has 6 atom stereocenters. The number of carboxylic acid groups (broad SMARTS) is 1. The zero-order valence-electron chi connectivity index (χ0n) is 19.5. The molecule has 0 aromatic carbocycles. The van der Waals surface area contributed by atoms with Crippen LogP contribution in [0.5, 0.6) is 0 Å². The Morgan fingerprint density at radius 3 is 2.92 bits per heavy atom. The molecule has 0 bridgehead atoms. The lowest BCUT2D eigenvalue weighted by Gasteiger charge is -2.19. The summed E-state index contributed by atoms with van der Waals surface area (Å²) < 4.78 is 31.8. The predicted octanol–water partition coefficient (Wildman–Crippen LogP) is 3.54. The fourth-order valence-electron chi connectivity index (χ4n) is 3.99. The molecule has 0 heterocycles. The molecule has 4 nitrogen and oxygen atoms in total. The summed E-state index contributed by atoms with van der Waals surface area (Å²) in [5.41, 5.74) is 0.765. The standard InChI is InChI=1S/C22H32O4/c1-3-4-7-15(2)20(23)11-10-18-19-13-16(8-5-6-9-22(25)26)12-17(19)14-21(18)24/h8,10-11,15,17-21,23-24H,5-7,9,12-14H2,1-2H3,(H,25,26)/b11-10+,16-8+/t15-,17+,18-,19+,20-,21-/m1/s1/i5D2,6D2. The highest BCUT2D eigenvalue weighted by molar-refractivity contribution is 5.66. The van der Waals surface area contributed by atoms with Crippen LogP contribution in [0.2, 0.25) is 0 Å². The third kappa shape index (κ3) is 5.72. The zero-order valence-corrected chi connectivity index (χ0v) is 15.5. The molecule has 0 aromatic rings. The first-order valence-corrected chi connectivity index (χ1v) is 9.24. The van der Waals surface area contributed by atoms with E-state index in [1.54, 1.807) is 13.0 Å². The Bertz CT molecular complexity index is 750. The zero-order chi connectivity index (χ0) is 22.7. The number of rotatable bonds is 8. The van der Waals surface area contributed by atoms with Crippen LogP contribution in [0.1, 0.15) is 64.2 Å². The molecule has 2 aliphatic rings. The maximum Gasteiger partial charge on any atom is 0.303 e. The van der Waals surface area contributed by atoms with Gasteiger partial charge in [-0.2, -0.15) is 0 Å². The molecule has 0 aromatic heterocycles. The maximum absolute atomic E-state index is 10.9. The quantitative estimate of drug-likeness (QED) is 0.455. The molecule has 0 spiro atoms. The molecular formula is C22H32O4. The van der Waals surface area contributed by atoms with Gasteiger partial charge in [0.2, 0.25) is 0 Å². The molecular weight excluding hydrogens is 328 g/mol. The van der Waals surface area contributed by atoms with Crippen molar-refractivity contribution in [3.63, 3.8) is 0 Å². The van der Waals surface area contributed by atoms with Crippen molar-refractivity contribution in [2.24, 2.45) is 23.7 Å². The van der Waals surface area contributed by atoms with Crippen LogP contribution in [0.4, 0.5) is 0 Å². The van der Waals surface area contributed by atoms with Crippen LogP contribution in [0, 0.1) is 35.5 Å². The number of carbonyl (C=O) groups is 1. The Balaban J connectivity index is 2.09. The molecule has 2 aliphatic carbocycles. The summed E-state index contributed by atoms with van der Waals surface area (Å²) >= 11 is 0. The lowest BCUT2D eigenvalue weighted by molar-refractivity contribution is -0.137. The maximum atomic E-state index is 10.9. The first-order chi connectivity index (χ1) is 13.9. The Kier molecular flexibility index (Phi) is 5.92. The lowest BCUT2D eigenvalue weighted by atomic mass is 9.89. The Hall–Kier alpha value is -1.57. The van der Waals surface area contributed by atoms with E-state index in [0.29, 0.717) is 25.7 Å². The van der Waals surface area contributed by atoms with E-state index >= 15 is 0 Å². The highest BCUT2D eigenvalue weighted by Crippen LogP contribution is 2.50. The van der Waals surface area contributed by atoms with E-state index in [1.165, 1.54) is 6.08 Å². The second kappa shape index (κ2) is 9.94. The number of hydrogen-bond acceptors (Lipinski definition) is 3. The van der Waals surface area contributed by atoms with Crippen LogP contribution in [0.15, 0.2) is 23.8 Å². The highest BCUT2D eigenvalue weighted by Gasteiger charge is 2.44. The van der Waals surface area contributed by atoms with Crippen LogP contribution in [-0.2, 0) is 4.79 Å². The van der Waals surface area contributed by atoms with Crippen molar-refractivity contribution in [3.05, 3.63) is 23.8 Å². The Labute approximate surface area is 162 Å². The van der Waals surface area contributed by atoms with Gasteiger partial charge in [-0.25, -0.2) is 0 Å². The molecule has 26 heavy (non-hydrogen) atoms. The average molecular weight is 365 g/mol. The van der Waals surface area contributed by atoms with Crippen LogP contribution >= 0.6 is 0 Å². The van der Waals surface area contributed by atoms with E-state index in [0.717, 1.165) is 5.57 Å². The Morgan fingerprint density at radius 1 is 1.46 bits per heavy atom. The van der Waals surface area contributed by atoms with Crippen LogP contribution in [-0.4, -0.2) is 33.5 Å². The second-order valence-corrected chi connectivity index (χ2v) is 7.39. The van der Waals surface area contributed by atoms with Crippen molar-refractivity contribution < 1.29 is 25.6 Å². The van der Waals surface area contributed by atoms with Crippen molar-refractivity contribution in [1.82, 2.24) is 0 Å². The van der Waals surface area contributed by atoms with E-state index in [-0.39, 0.29) is 23.7 Å². The molecule has 2 fully saturated rings. The summed E-state index contributed by atoms with van der Waals surface area (Å²) in [4.78, 5) is 10.9. The number of carboxylic acids is 1. The minimum atomic E-state index is -2.51. The van der Waals surface area contributed by atoms with Gasteiger partial charge in [-0.15, -0.1) is 11.8 Å². The van der Waals surface area contributed by atoms with Gasteiger partial charge < -0.3 is 15.3 Å². The molecule has 2 rings (SSSR count). The normalized spacial score (nSPS) is 35.0. The van der Waals surface area contributed by atoms with Gasteiger partial charge in [0, 0.05) is 24.2 Å². The van der Waals surface area contributed by atoms with Crippen LogP contribution in [0.25, 0.3) is 0 Å². The molecule has 0 amide bonds. The molecule has 0 unspecified atom stereocenters. The van der Waals surface area contributed by atoms with E-state index in [4.69, 9.17) is 10.6 Å². The monoisotopic (exact) mass is 364 g/mol. The molecule has 0 aliphatic heterocycles. The average Bonchev–Trinajstić information content (AvgIpc) is 3.11. The number of aliphatic hydroxyl groups is 2. The largest absolute Gasteiger partial charge is 0.481 e. The van der Waals surface area contributed by atoms with Gasteiger partial charge in [0.05, 0.1) is 12.2 Å². The highest BCUT2D eigenvalue weighted by atomic mass is 16.4. The van der Waals surface area contributed by atoms with Gasteiger partial charge >= 0.3 is 5.97 Å². The van der Waals surface area contributed by atoms with Gasteiger partial charge in [-0.1, -0.05) is 30.7 Å². The lowest BCUT2D eigenvalue weighted by Crippen LogP contribution is -2.19. The molecule has 3 N–H and O–H groups in total. The minimum Gasteiger partial charge on any atom is -0.481 e. The van der Waals surface area contributed by atoms with Crippen molar-refractivity contribution in [2.75, 3.05) is 0 Å². The van der Waals surface area contributed by atoms with Crippen molar-refractivity contribution in [1.29, 1.82) is 0 Å². The molecule has 0 saturated heterocycles. The third-order valence-corrected chi connectivity index (χ3v) is 5.44. The molecule has 2 saturated carbocycles. The van der Waals surface area contributed by atoms with E-state index in [2.05, 4.69) is 11.8 Å². The van der Waals surface area contributed by atoms with Crippen molar-refractivity contribution in [3.8, 4) is 11.8 Å². The van der Waals surface area contributed by atoms with Gasteiger partial charge in [-0.05, 0) is 56.7 Å². The number of fused-ring (bicyclic) bond motifs is 1. The summed E-state index contributed by atoms with van der Waals surface area (Å²) in [6.07, 6.45) is 0.0991. The minimum absolute atomic E-state index is 0.0224. The summed E-state index contributed by atoms with van der Waals surface area (Å²) in [5.74, 6) is 4.48. The van der Waals surface area contributed by atoms with Crippen molar-refractivity contribution >= 4 is 5.97 Å². The fraction of sp³-hybridized carbons (Fsp3) is 0.682. The van der Waals surface area contributed by atoms with E-state index in [9.17, 15) is 15.0 Å². The fourth-order valence-corrected chi connectivity index (χ4v) is 3.99. The number of aliphatic hydroxyl groups excluding tert-OH is 2. The third-order valence-electron chi connectivity index (χ3n) is 5.44. The predicted molar refractivity (Wildman–Crippen MR) is 102 cm³/mol. The molecule has 144 valence electrons. The summed E-state index contributed by atoms with van der Waals surface area (Å²) in [6, 6.07) is 0. The first-order valence-electron chi connectivity index (χ1n) is 11.2. The van der Waals surface area contributed by atoms with Crippen molar-refractivity contribution in [2.45, 2.75) is 70.9 Å². The van der Waals surface area contributed by atoms with Crippen LogP contribution in [0.3, 0.4) is 0 Å². The van der Waals surface area contributed by atoms with E-state index in [1.807, 2.05) is 13.0 Å². The first kappa shape index (κ1) is 15.5. The summed E-state index contributed by atoms with van der Waals surface area (Å²) in [7, 11) is 0. The summed E-state index contributed by atoms with van der Waals surface area (Å²) in [6.45, 7) is 3.67.